The molecule has 29 heavy (non-hydrogen) atoms. The summed E-state index contributed by atoms with van der Waals surface area (Å²) >= 11 is 0. The van der Waals surface area contributed by atoms with Crippen molar-refractivity contribution < 1.29 is 4.42 Å². The van der Waals surface area contributed by atoms with E-state index in [0.717, 1.165) is 31.2 Å². The van der Waals surface area contributed by atoms with E-state index in [2.05, 4.69) is 97.6 Å². The van der Waals surface area contributed by atoms with E-state index < -0.39 is 0 Å². The van der Waals surface area contributed by atoms with Gasteiger partial charge in [-0.05, 0) is 33.0 Å². The average molecular weight is 513 g/mol. The quantitative estimate of drug-likeness (QED) is 0.319. The molecule has 0 aliphatic heterocycles. The summed E-state index contributed by atoms with van der Waals surface area (Å²) in [7, 11) is 4.22. The van der Waals surface area contributed by atoms with Crippen LogP contribution < -0.4 is 10.6 Å². The predicted octanol–water partition coefficient (Wildman–Crippen LogP) is 3.82. The van der Waals surface area contributed by atoms with Gasteiger partial charge in [-0.25, -0.2) is 9.98 Å². The number of hydrogen-bond acceptors (Lipinski definition) is 4. The Morgan fingerprint density at radius 1 is 1.17 bits per heavy atom. The number of oxazole rings is 1. The Kier molecular flexibility index (Phi) is 10.7. The number of halogens is 1. The van der Waals surface area contributed by atoms with E-state index in [4.69, 9.17) is 4.42 Å². The number of benzene rings is 1. The first-order valence-corrected chi connectivity index (χ1v) is 9.97. The predicted molar refractivity (Wildman–Crippen MR) is 131 cm³/mol. The van der Waals surface area contributed by atoms with Crippen molar-refractivity contribution >= 4 is 29.9 Å². The maximum Gasteiger partial charge on any atom is 0.216 e. The van der Waals surface area contributed by atoms with Crippen LogP contribution in [0.15, 0.2) is 45.9 Å². The smallest absolute Gasteiger partial charge is 0.216 e. The molecule has 0 aliphatic rings. The Labute approximate surface area is 192 Å². The summed E-state index contributed by atoms with van der Waals surface area (Å²) in [5.74, 6) is 2.29. The first-order valence-electron chi connectivity index (χ1n) is 9.97. The van der Waals surface area contributed by atoms with Crippen molar-refractivity contribution in [3.8, 4) is 0 Å². The number of aromatic nitrogens is 1. The van der Waals surface area contributed by atoms with Crippen LogP contribution in [0, 0.1) is 0 Å². The van der Waals surface area contributed by atoms with E-state index in [0.29, 0.717) is 18.5 Å². The van der Waals surface area contributed by atoms with Crippen molar-refractivity contribution in [3.05, 3.63) is 53.7 Å². The minimum atomic E-state index is -0.0475. The van der Waals surface area contributed by atoms with Gasteiger partial charge in [-0.15, -0.1) is 24.0 Å². The molecule has 0 bridgehead atoms. The van der Waals surface area contributed by atoms with Crippen LogP contribution in [0.5, 0.6) is 0 Å². The number of hydrogen-bond donors (Lipinski definition) is 2. The number of nitrogens with one attached hydrogen (secondary N) is 2. The third-order valence-electron chi connectivity index (χ3n) is 4.56. The van der Waals surface area contributed by atoms with Crippen LogP contribution in [-0.4, -0.2) is 49.1 Å². The molecule has 0 spiro atoms. The van der Waals surface area contributed by atoms with E-state index in [9.17, 15) is 0 Å². The van der Waals surface area contributed by atoms with Crippen molar-refractivity contribution in [2.75, 3.05) is 27.2 Å². The lowest BCUT2D eigenvalue weighted by molar-refractivity contribution is 0.290. The Hall–Kier alpha value is -1.61. The van der Waals surface area contributed by atoms with Gasteiger partial charge in [-0.1, -0.05) is 51.1 Å². The van der Waals surface area contributed by atoms with Gasteiger partial charge in [0.15, 0.2) is 5.96 Å². The van der Waals surface area contributed by atoms with E-state index >= 15 is 0 Å². The summed E-state index contributed by atoms with van der Waals surface area (Å²) in [6.07, 6.45) is 2.78. The van der Waals surface area contributed by atoms with Gasteiger partial charge in [0.25, 0.3) is 0 Å². The number of likely N-dealkylation sites (N-methyl/N-ethyl adjacent to an activating group) is 1. The third kappa shape index (κ3) is 8.74. The Morgan fingerprint density at radius 2 is 1.86 bits per heavy atom. The monoisotopic (exact) mass is 513 g/mol. The molecule has 7 heteroatoms. The normalized spacial score (nSPS) is 13.1. The minimum Gasteiger partial charge on any atom is -0.443 e. The summed E-state index contributed by atoms with van der Waals surface area (Å²) in [5, 5.41) is 6.76. The zero-order valence-electron chi connectivity index (χ0n) is 18.5. The van der Waals surface area contributed by atoms with Crippen LogP contribution >= 0.6 is 24.0 Å². The lowest BCUT2D eigenvalue weighted by atomic mass is 9.94. The molecule has 2 N–H and O–H groups in total. The van der Waals surface area contributed by atoms with Crippen molar-refractivity contribution in [2.45, 2.75) is 52.1 Å². The summed E-state index contributed by atoms with van der Waals surface area (Å²) in [6, 6.07) is 10.9. The fourth-order valence-electron chi connectivity index (χ4n) is 2.76. The average Bonchev–Trinajstić information content (AvgIpc) is 3.13. The van der Waals surface area contributed by atoms with E-state index in [1.165, 1.54) is 5.56 Å². The first kappa shape index (κ1) is 25.4. The molecule has 1 heterocycles. The van der Waals surface area contributed by atoms with E-state index in [1.54, 1.807) is 6.20 Å². The maximum absolute atomic E-state index is 5.84. The van der Waals surface area contributed by atoms with Gasteiger partial charge in [0.2, 0.25) is 5.89 Å². The molecule has 162 valence electrons. The van der Waals surface area contributed by atoms with Gasteiger partial charge < -0.3 is 20.0 Å². The fraction of sp³-hybridized carbons (Fsp3) is 0.545. The highest BCUT2D eigenvalue weighted by molar-refractivity contribution is 14.0. The zero-order valence-corrected chi connectivity index (χ0v) is 20.9. The molecule has 2 rings (SSSR count). The molecule has 0 fully saturated rings. The lowest BCUT2D eigenvalue weighted by Crippen LogP contribution is -2.46. The second kappa shape index (κ2) is 12.2. The molecule has 0 amide bonds. The van der Waals surface area contributed by atoms with Gasteiger partial charge in [-0.2, -0.15) is 0 Å². The first-order chi connectivity index (χ1) is 13.3. The van der Waals surface area contributed by atoms with Crippen molar-refractivity contribution in [1.82, 2.24) is 20.5 Å². The van der Waals surface area contributed by atoms with Crippen molar-refractivity contribution in [2.24, 2.45) is 4.99 Å². The number of rotatable bonds is 8. The van der Waals surface area contributed by atoms with Gasteiger partial charge in [-0.3, -0.25) is 0 Å². The summed E-state index contributed by atoms with van der Waals surface area (Å²) < 4.78 is 5.84. The maximum atomic E-state index is 5.84. The molecule has 0 aliphatic carbocycles. The third-order valence-corrected chi connectivity index (χ3v) is 4.56. The molecule has 1 aromatic carbocycles. The van der Waals surface area contributed by atoms with Gasteiger partial charge in [0, 0.05) is 24.5 Å². The Morgan fingerprint density at radius 3 is 2.41 bits per heavy atom. The standard InChI is InChI=1S/C22H35N5O.HI/c1-7-23-21(26-16-20-24-15-19(28-20)22(2,3)4)25-14-18(27(5)6)13-17-11-9-8-10-12-17;/h8-12,15,18H,7,13-14,16H2,1-6H3,(H2,23,25,26);1H. The minimum absolute atomic E-state index is 0. The fourth-order valence-corrected chi connectivity index (χ4v) is 2.76. The molecule has 0 saturated carbocycles. The number of guanidine groups is 1. The topological polar surface area (TPSA) is 65.7 Å². The van der Waals surface area contributed by atoms with Crippen LogP contribution in [-0.2, 0) is 18.4 Å². The molecule has 6 nitrogen and oxygen atoms in total. The molecule has 1 aromatic heterocycles. The Balaban J connectivity index is 0.00000420. The number of nitrogens with zero attached hydrogens (tertiary/aromatic N) is 3. The molecular weight excluding hydrogens is 477 g/mol. The second-order valence-electron chi connectivity index (χ2n) is 8.25. The van der Waals surface area contributed by atoms with Crippen molar-refractivity contribution in [3.63, 3.8) is 0 Å². The molecule has 2 aromatic rings. The van der Waals surface area contributed by atoms with Gasteiger partial charge >= 0.3 is 0 Å². The molecule has 1 atom stereocenters. The van der Waals surface area contributed by atoms with E-state index in [-0.39, 0.29) is 29.4 Å². The highest BCUT2D eigenvalue weighted by atomic mass is 127. The number of aliphatic imine (C=N–C) groups is 1. The van der Waals surface area contributed by atoms with Gasteiger partial charge in [0.05, 0.1) is 6.20 Å². The van der Waals surface area contributed by atoms with Crippen LogP contribution in [0.2, 0.25) is 0 Å². The summed E-state index contributed by atoms with van der Waals surface area (Å²) in [4.78, 5) is 11.2. The summed E-state index contributed by atoms with van der Waals surface area (Å²) in [6.45, 7) is 10.4. The molecule has 1 unspecified atom stereocenters. The highest BCUT2D eigenvalue weighted by Crippen LogP contribution is 2.22. The SMILES string of the molecule is CCNC(=NCc1ncc(C(C)(C)C)o1)NCC(Cc1ccccc1)N(C)C.I. The van der Waals surface area contributed by atoms with Crippen LogP contribution in [0.1, 0.15) is 44.9 Å². The molecular formula is C22H36IN5O. The molecule has 0 saturated heterocycles. The highest BCUT2D eigenvalue weighted by Gasteiger charge is 2.19. The summed E-state index contributed by atoms with van der Waals surface area (Å²) in [5.41, 5.74) is 1.29. The van der Waals surface area contributed by atoms with Gasteiger partial charge in [0.1, 0.15) is 12.3 Å². The Bertz CT molecular complexity index is 737. The zero-order chi connectivity index (χ0) is 20.6. The second-order valence-corrected chi connectivity index (χ2v) is 8.25. The van der Waals surface area contributed by atoms with Crippen LogP contribution in [0.3, 0.4) is 0 Å². The van der Waals surface area contributed by atoms with E-state index in [1.807, 2.05) is 0 Å². The van der Waals surface area contributed by atoms with Crippen LogP contribution in [0.25, 0.3) is 0 Å². The lowest BCUT2D eigenvalue weighted by Gasteiger charge is -2.25. The largest absolute Gasteiger partial charge is 0.443 e. The molecule has 0 radical (unpaired) electrons. The van der Waals surface area contributed by atoms with Crippen LogP contribution in [0.4, 0.5) is 0 Å². The van der Waals surface area contributed by atoms with Crippen molar-refractivity contribution in [1.29, 1.82) is 0 Å².